The van der Waals surface area contributed by atoms with Crippen molar-refractivity contribution in [2.45, 2.75) is 32.9 Å². The number of nitrogens with zero attached hydrogens (tertiary/aromatic N) is 3. The molecule has 0 saturated carbocycles. The lowest BCUT2D eigenvalue weighted by atomic mass is 10.1. The zero-order chi connectivity index (χ0) is 13.2. The number of hydrogen-bond donors (Lipinski definition) is 1. The van der Waals surface area contributed by atoms with Gasteiger partial charge in [0.1, 0.15) is 0 Å². The SMILES string of the molecule is CC(C)(C)NCc1cn(-c2cccc(Cl)c2)nn1. The van der Waals surface area contributed by atoms with E-state index in [-0.39, 0.29) is 5.54 Å². The zero-order valence-corrected chi connectivity index (χ0v) is 11.6. The van der Waals surface area contributed by atoms with Gasteiger partial charge < -0.3 is 5.32 Å². The van der Waals surface area contributed by atoms with Gasteiger partial charge >= 0.3 is 0 Å². The number of benzene rings is 1. The Bertz CT molecular complexity index is 528. The molecular formula is C13H17ClN4. The molecule has 0 aliphatic heterocycles. The van der Waals surface area contributed by atoms with Crippen molar-refractivity contribution in [1.29, 1.82) is 0 Å². The summed E-state index contributed by atoms with van der Waals surface area (Å²) in [5.74, 6) is 0. The molecule has 0 aliphatic carbocycles. The van der Waals surface area contributed by atoms with Crippen LogP contribution in [0.1, 0.15) is 26.5 Å². The molecule has 4 nitrogen and oxygen atoms in total. The summed E-state index contributed by atoms with van der Waals surface area (Å²) in [5.41, 5.74) is 1.89. The topological polar surface area (TPSA) is 42.7 Å². The van der Waals surface area contributed by atoms with Gasteiger partial charge in [-0.25, -0.2) is 4.68 Å². The lowest BCUT2D eigenvalue weighted by Gasteiger charge is -2.19. The van der Waals surface area contributed by atoms with E-state index in [0.29, 0.717) is 11.6 Å². The predicted molar refractivity (Wildman–Crippen MR) is 73.0 cm³/mol. The molecule has 2 aromatic rings. The van der Waals surface area contributed by atoms with Crippen LogP contribution in [0.5, 0.6) is 0 Å². The first-order chi connectivity index (χ1) is 8.44. The minimum Gasteiger partial charge on any atom is -0.306 e. The van der Waals surface area contributed by atoms with Crippen molar-refractivity contribution in [2.75, 3.05) is 0 Å². The summed E-state index contributed by atoms with van der Waals surface area (Å²) < 4.78 is 1.73. The van der Waals surface area contributed by atoms with E-state index in [1.165, 1.54) is 0 Å². The quantitative estimate of drug-likeness (QED) is 0.927. The van der Waals surface area contributed by atoms with Gasteiger partial charge in [0.25, 0.3) is 0 Å². The molecule has 0 radical (unpaired) electrons. The molecule has 5 heteroatoms. The third kappa shape index (κ3) is 3.55. The summed E-state index contributed by atoms with van der Waals surface area (Å²) in [6.07, 6.45) is 1.91. The number of halogens is 1. The molecular weight excluding hydrogens is 248 g/mol. The van der Waals surface area contributed by atoms with E-state index in [1.54, 1.807) is 4.68 Å². The Labute approximate surface area is 112 Å². The number of nitrogens with one attached hydrogen (secondary N) is 1. The average Bonchev–Trinajstić information content (AvgIpc) is 2.74. The standard InChI is InChI=1S/C13H17ClN4/c1-13(2,3)15-8-11-9-18(17-16-11)12-6-4-5-10(14)7-12/h4-7,9,15H,8H2,1-3H3. The van der Waals surface area contributed by atoms with Gasteiger partial charge in [-0.05, 0) is 39.0 Å². The van der Waals surface area contributed by atoms with E-state index in [0.717, 1.165) is 11.4 Å². The van der Waals surface area contributed by atoms with Gasteiger partial charge in [-0.2, -0.15) is 0 Å². The Kier molecular flexibility index (Phi) is 3.68. The van der Waals surface area contributed by atoms with Crippen molar-refractivity contribution in [1.82, 2.24) is 20.3 Å². The molecule has 0 fully saturated rings. The van der Waals surface area contributed by atoms with Crippen LogP contribution in [0, 0.1) is 0 Å². The first-order valence-electron chi connectivity index (χ1n) is 5.86. The lowest BCUT2D eigenvalue weighted by Crippen LogP contribution is -2.35. The highest BCUT2D eigenvalue weighted by Gasteiger charge is 2.10. The monoisotopic (exact) mass is 264 g/mol. The highest BCUT2D eigenvalue weighted by Crippen LogP contribution is 2.14. The fourth-order valence-electron chi connectivity index (χ4n) is 1.48. The molecule has 1 aromatic heterocycles. The normalized spacial score (nSPS) is 11.8. The maximum absolute atomic E-state index is 5.95. The van der Waals surface area contributed by atoms with Crippen LogP contribution in [0.3, 0.4) is 0 Å². The highest BCUT2D eigenvalue weighted by molar-refractivity contribution is 6.30. The Hall–Kier alpha value is -1.39. The van der Waals surface area contributed by atoms with Crippen LogP contribution in [0.15, 0.2) is 30.5 Å². The van der Waals surface area contributed by atoms with Crippen molar-refractivity contribution in [3.63, 3.8) is 0 Å². The molecule has 0 atom stereocenters. The van der Waals surface area contributed by atoms with Gasteiger partial charge in [0, 0.05) is 17.1 Å². The van der Waals surface area contributed by atoms with Crippen LogP contribution in [0.4, 0.5) is 0 Å². The van der Waals surface area contributed by atoms with Gasteiger partial charge in [-0.1, -0.05) is 22.9 Å². The maximum Gasteiger partial charge on any atom is 0.0969 e. The van der Waals surface area contributed by atoms with E-state index in [2.05, 4.69) is 36.4 Å². The molecule has 0 aliphatic rings. The van der Waals surface area contributed by atoms with Gasteiger partial charge in [0.05, 0.1) is 17.6 Å². The van der Waals surface area contributed by atoms with Gasteiger partial charge in [-0.15, -0.1) is 5.10 Å². The number of hydrogen-bond acceptors (Lipinski definition) is 3. The first kappa shape index (κ1) is 13.1. The van der Waals surface area contributed by atoms with E-state index in [1.807, 2.05) is 30.5 Å². The summed E-state index contributed by atoms with van der Waals surface area (Å²) in [5, 5.41) is 12.3. The van der Waals surface area contributed by atoms with Gasteiger partial charge in [0.15, 0.2) is 0 Å². The van der Waals surface area contributed by atoms with Crippen molar-refractivity contribution >= 4 is 11.6 Å². The molecule has 96 valence electrons. The molecule has 1 aromatic carbocycles. The molecule has 18 heavy (non-hydrogen) atoms. The van der Waals surface area contributed by atoms with E-state index >= 15 is 0 Å². The van der Waals surface area contributed by atoms with Crippen LogP contribution in [0.2, 0.25) is 5.02 Å². The summed E-state index contributed by atoms with van der Waals surface area (Å²) in [4.78, 5) is 0. The molecule has 0 spiro atoms. The highest BCUT2D eigenvalue weighted by atomic mass is 35.5. The molecule has 1 N–H and O–H groups in total. The van der Waals surface area contributed by atoms with Crippen molar-refractivity contribution in [3.8, 4) is 5.69 Å². The van der Waals surface area contributed by atoms with E-state index in [9.17, 15) is 0 Å². The van der Waals surface area contributed by atoms with Gasteiger partial charge in [-0.3, -0.25) is 0 Å². The molecule has 0 unspecified atom stereocenters. The fraction of sp³-hybridized carbons (Fsp3) is 0.385. The number of rotatable bonds is 3. The van der Waals surface area contributed by atoms with E-state index in [4.69, 9.17) is 11.6 Å². The minimum atomic E-state index is 0.0693. The Morgan fingerprint density at radius 1 is 1.33 bits per heavy atom. The Morgan fingerprint density at radius 2 is 2.11 bits per heavy atom. The second kappa shape index (κ2) is 5.08. The lowest BCUT2D eigenvalue weighted by molar-refractivity contribution is 0.421. The zero-order valence-electron chi connectivity index (χ0n) is 10.8. The van der Waals surface area contributed by atoms with Crippen LogP contribution < -0.4 is 5.32 Å². The smallest absolute Gasteiger partial charge is 0.0969 e. The summed E-state index contributed by atoms with van der Waals surface area (Å²) in [7, 11) is 0. The van der Waals surface area contributed by atoms with Crippen molar-refractivity contribution in [2.24, 2.45) is 0 Å². The van der Waals surface area contributed by atoms with Crippen molar-refractivity contribution < 1.29 is 0 Å². The first-order valence-corrected chi connectivity index (χ1v) is 6.24. The van der Waals surface area contributed by atoms with Crippen LogP contribution in [0.25, 0.3) is 5.69 Å². The van der Waals surface area contributed by atoms with Crippen molar-refractivity contribution in [3.05, 3.63) is 41.2 Å². The summed E-state index contributed by atoms with van der Waals surface area (Å²) >= 11 is 5.95. The molecule has 2 rings (SSSR count). The van der Waals surface area contributed by atoms with Gasteiger partial charge in [0.2, 0.25) is 0 Å². The third-order valence-corrected chi connectivity index (χ3v) is 2.65. The summed E-state index contributed by atoms with van der Waals surface area (Å²) in [6, 6.07) is 7.54. The maximum atomic E-state index is 5.95. The predicted octanol–water partition coefficient (Wildman–Crippen LogP) is 2.81. The van der Waals surface area contributed by atoms with Crippen LogP contribution in [-0.4, -0.2) is 20.5 Å². The van der Waals surface area contributed by atoms with E-state index < -0.39 is 0 Å². The third-order valence-electron chi connectivity index (χ3n) is 2.41. The van der Waals surface area contributed by atoms with Crippen LogP contribution >= 0.6 is 11.6 Å². The average molecular weight is 265 g/mol. The van der Waals surface area contributed by atoms with Crippen LogP contribution in [-0.2, 0) is 6.54 Å². The second-order valence-electron chi connectivity index (χ2n) is 5.24. The molecule has 0 saturated heterocycles. The molecule has 0 amide bonds. The Balaban J connectivity index is 2.11. The number of aromatic nitrogens is 3. The minimum absolute atomic E-state index is 0.0693. The molecule has 1 heterocycles. The Morgan fingerprint density at radius 3 is 2.78 bits per heavy atom. The largest absolute Gasteiger partial charge is 0.306 e. The second-order valence-corrected chi connectivity index (χ2v) is 5.67. The fourth-order valence-corrected chi connectivity index (χ4v) is 1.66. The summed E-state index contributed by atoms with van der Waals surface area (Å²) in [6.45, 7) is 7.06. The molecule has 0 bridgehead atoms.